The Morgan fingerprint density at radius 3 is 2.10 bits per heavy atom. The van der Waals surface area contributed by atoms with Gasteiger partial charge in [-0.3, -0.25) is 9.59 Å². The van der Waals surface area contributed by atoms with Crippen molar-refractivity contribution in [3.8, 4) is 0 Å². The molecule has 2 heterocycles. The molecule has 0 spiro atoms. The SMILES string of the molecule is C[C@@H](CNC(=O)c1ccsc1N)NC(=O)c1ccsc1N. The third kappa shape index (κ3) is 3.73. The molecule has 0 fully saturated rings. The molecule has 6 N–H and O–H groups in total. The maximum atomic E-state index is 11.9. The quantitative estimate of drug-likeness (QED) is 0.668. The highest BCUT2D eigenvalue weighted by atomic mass is 32.1. The number of thiophene rings is 2. The maximum Gasteiger partial charge on any atom is 0.254 e. The molecular weight excluding hydrogens is 308 g/mol. The van der Waals surface area contributed by atoms with Gasteiger partial charge in [0.05, 0.1) is 21.1 Å². The zero-order chi connectivity index (χ0) is 15.4. The molecule has 8 heteroatoms. The number of hydrogen-bond donors (Lipinski definition) is 4. The van der Waals surface area contributed by atoms with Crippen molar-refractivity contribution in [3.05, 3.63) is 34.0 Å². The van der Waals surface area contributed by atoms with Crippen LogP contribution in [-0.4, -0.2) is 24.4 Å². The van der Waals surface area contributed by atoms with Crippen molar-refractivity contribution < 1.29 is 9.59 Å². The molecule has 0 unspecified atom stereocenters. The van der Waals surface area contributed by atoms with Crippen LogP contribution in [0.25, 0.3) is 0 Å². The first-order chi connectivity index (χ1) is 9.99. The van der Waals surface area contributed by atoms with E-state index >= 15 is 0 Å². The Kier molecular flexibility index (Phi) is 4.81. The minimum absolute atomic E-state index is 0.222. The van der Waals surface area contributed by atoms with Gasteiger partial charge in [-0.05, 0) is 29.8 Å². The Labute approximate surface area is 130 Å². The highest BCUT2D eigenvalue weighted by molar-refractivity contribution is 7.14. The van der Waals surface area contributed by atoms with Crippen molar-refractivity contribution in [3.63, 3.8) is 0 Å². The third-order valence-electron chi connectivity index (χ3n) is 2.83. The lowest BCUT2D eigenvalue weighted by molar-refractivity contribution is 0.0913. The summed E-state index contributed by atoms with van der Waals surface area (Å²) in [4.78, 5) is 23.8. The van der Waals surface area contributed by atoms with Gasteiger partial charge < -0.3 is 22.1 Å². The number of nitrogen functional groups attached to an aromatic ring is 2. The van der Waals surface area contributed by atoms with Crippen molar-refractivity contribution in [1.82, 2.24) is 10.6 Å². The summed E-state index contributed by atoms with van der Waals surface area (Å²) in [6, 6.07) is 3.12. The van der Waals surface area contributed by atoms with Gasteiger partial charge in [-0.15, -0.1) is 22.7 Å². The van der Waals surface area contributed by atoms with Gasteiger partial charge in [0, 0.05) is 12.6 Å². The molecule has 0 saturated carbocycles. The van der Waals surface area contributed by atoms with E-state index in [1.807, 2.05) is 0 Å². The Morgan fingerprint density at radius 2 is 1.62 bits per heavy atom. The van der Waals surface area contributed by atoms with Crippen molar-refractivity contribution in [2.45, 2.75) is 13.0 Å². The van der Waals surface area contributed by atoms with E-state index < -0.39 is 0 Å². The van der Waals surface area contributed by atoms with Crippen LogP contribution in [0.2, 0.25) is 0 Å². The standard InChI is InChI=1S/C13H16N4O2S2/c1-7(17-13(19)9-3-5-21-11(9)15)6-16-12(18)8-2-4-20-10(8)14/h2-5,7H,6,14-15H2,1H3,(H,16,18)(H,17,19)/t7-/m0/s1. The predicted octanol–water partition coefficient (Wildman–Crippen LogP) is 1.52. The van der Waals surface area contributed by atoms with Gasteiger partial charge in [0.2, 0.25) is 0 Å². The normalized spacial score (nSPS) is 11.9. The van der Waals surface area contributed by atoms with E-state index in [-0.39, 0.29) is 17.9 Å². The van der Waals surface area contributed by atoms with E-state index in [4.69, 9.17) is 11.5 Å². The molecule has 1 atom stereocenters. The Morgan fingerprint density at radius 1 is 1.10 bits per heavy atom. The summed E-state index contributed by atoms with van der Waals surface area (Å²) in [5.41, 5.74) is 12.3. The Balaban J connectivity index is 1.84. The van der Waals surface area contributed by atoms with Crippen LogP contribution in [0.3, 0.4) is 0 Å². The smallest absolute Gasteiger partial charge is 0.254 e. The lowest BCUT2D eigenvalue weighted by Gasteiger charge is -2.14. The van der Waals surface area contributed by atoms with Gasteiger partial charge in [-0.2, -0.15) is 0 Å². The lowest BCUT2D eigenvalue weighted by Crippen LogP contribution is -2.41. The number of nitrogens with two attached hydrogens (primary N) is 2. The molecule has 0 aliphatic carbocycles. The molecule has 2 aromatic heterocycles. The van der Waals surface area contributed by atoms with Gasteiger partial charge in [0.25, 0.3) is 11.8 Å². The van der Waals surface area contributed by atoms with Crippen molar-refractivity contribution >= 4 is 44.5 Å². The molecule has 0 aromatic carbocycles. The summed E-state index contributed by atoms with van der Waals surface area (Å²) < 4.78 is 0. The fourth-order valence-electron chi connectivity index (χ4n) is 1.71. The number of carbonyl (C=O) groups is 2. The van der Waals surface area contributed by atoms with Gasteiger partial charge in [-0.25, -0.2) is 0 Å². The number of carbonyl (C=O) groups excluding carboxylic acids is 2. The third-order valence-corrected chi connectivity index (χ3v) is 4.32. The number of hydrogen-bond acceptors (Lipinski definition) is 6. The largest absolute Gasteiger partial charge is 0.390 e. The molecule has 112 valence electrons. The number of amides is 2. The summed E-state index contributed by atoms with van der Waals surface area (Å²) in [5, 5.41) is 10.00. The number of anilines is 2. The minimum Gasteiger partial charge on any atom is -0.390 e. The number of nitrogens with one attached hydrogen (secondary N) is 2. The topological polar surface area (TPSA) is 110 Å². The second kappa shape index (κ2) is 6.59. The number of rotatable bonds is 5. The molecular formula is C13H16N4O2S2. The minimum atomic E-state index is -0.245. The molecule has 0 aliphatic heterocycles. The fraction of sp³-hybridized carbons (Fsp3) is 0.231. The summed E-state index contributed by atoms with van der Waals surface area (Å²) in [6.07, 6.45) is 0. The van der Waals surface area contributed by atoms with Crippen molar-refractivity contribution in [2.75, 3.05) is 18.0 Å². The van der Waals surface area contributed by atoms with Gasteiger partial charge >= 0.3 is 0 Å². The maximum absolute atomic E-state index is 11.9. The first kappa shape index (κ1) is 15.3. The van der Waals surface area contributed by atoms with E-state index in [0.29, 0.717) is 27.7 Å². The van der Waals surface area contributed by atoms with E-state index in [0.717, 1.165) is 0 Å². The molecule has 2 aromatic rings. The molecule has 2 rings (SSSR count). The summed E-state index contributed by atoms with van der Waals surface area (Å²) in [6.45, 7) is 2.11. The van der Waals surface area contributed by atoms with E-state index in [1.54, 1.807) is 29.8 Å². The summed E-state index contributed by atoms with van der Waals surface area (Å²) >= 11 is 2.62. The molecule has 0 saturated heterocycles. The average Bonchev–Trinajstić information content (AvgIpc) is 3.04. The van der Waals surface area contributed by atoms with Crippen LogP contribution in [-0.2, 0) is 0 Å². The zero-order valence-corrected chi connectivity index (χ0v) is 13.0. The Hall–Kier alpha value is -2.06. The summed E-state index contributed by atoms with van der Waals surface area (Å²) in [5.74, 6) is -0.490. The first-order valence-corrected chi connectivity index (χ1v) is 8.00. The van der Waals surface area contributed by atoms with Gasteiger partial charge in [0.1, 0.15) is 0 Å². The Bertz CT molecular complexity index is 650. The molecule has 6 nitrogen and oxygen atoms in total. The average molecular weight is 324 g/mol. The highest BCUT2D eigenvalue weighted by Gasteiger charge is 2.15. The fourth-order valence-corrected chi connectivity index (χ4v) is 2.99. The van der Waals surface area contributed by atoms with E-state index in [1.165, 1.54) is 22.7 Å². The molecule has 0 aliphatic rings. The second-order valence-electron chi connectivity index (χ2n) is 4.48. The molecule has 0 radical (unpaired) electrons. The van der Waals surface area contributed by atoms with Crippen LogP contribution >= 0.6 is 22.7 Å². The van der Waals surface area contributed by atoms with Crippen LogP contribution in [0, 0.1) is 0 Å². The van der Waals surface area contributed by atoms with Crippen molar-refractivity contribution in [1.29, 1.82) is 0 Å². The van der Waals surface area contributed by atoms with Crippen LogP contribution < -0.4 is 22.1 Å². The zero-order valence-electron chi connectivity index (χ0n) is 11.4. The van der Waals surface area contributed by atoms with Gasteiger partial charge in [0.15, 0.2) is 0 Å². The van der Waals surface area contributed by atoms with Crippen LogP contribution in [0.5, 0.6) is 0 Å². The molecule has 0 bridgehead atoms. The molecule has 21 heavy (non-hydrogen) atoms. The first-order valence-electron chi connectivity index (χ1n) is 6.24. The molecule has 2 amide bonds. The lowest BCUT2D eigenvalue weighted by atomic mass is 10.2. The van der Waals surface area contributed by atoms with E-state index in [9.17, 15) is 9.59 Å². The highest BCUT2D eigenvalue weighted by Crippen LogP contribution is 2.19. The summed E-state index contributed by atoms with van der Waals surface area (Å²) in [7, 11) is 0. The van der Waals surface area contributed by atoms with Crippen LogP contribution in [0.1, 0.15) is 27.6 Å². The predicted molar refractivity (Wildman–Crippen MR) is 86.7 cm³/mol. The van der Waals surface area contributed by atoms with Crippen LogP contribution in [0.15, 0.2) is 22.9 Å². The monoisotopic (exact) mass is 324 g/mol. The second-order valence-corrected chi connectivity index (χ2v) is 6.38. The van der Waals surface area contributed by atoms with Crippen molar-refractivity contribution in [2.24, 2.45) is 0 Å². The van der Waals surface area contributed by atoms with Gasteiger partial charge in [-0.1, -0.05) is 0 Å². The van der Waals surface area contributed by atoms with Crippen LogP contribution in [0.4, 0.5) is 10.0 Å². The van der Waals surface area contributed by atoms with E-state index in [2.05, 4.69) is 10.6 Å².